The molecule has 0 radical (unpaired) electrons. The maximum atomic E-state index is 12.1. The predicted molar refractivity (Wildman–Crippen MR) is 119 cm³/mol. The first kappa shape index (κ1) is 26.5. The van der Waals surface area contributed by atoms with Crippen molar-refractivity contribution >= 4 is 5.97 Å². The van der Waals surface area contributed by atoms with Gasteiger partial charge in [-0.05, 0) is 39.5 Å². The lowest BCUT2D eigenvalue weighted by Gasteiger charge is -2.21. The maximum Gasteiger partial charge on any atom is 0.311 e. The monoisotopic (exact) mass is 382 g/mol. The van der Waals surface area contributed by atoms with Crippen LogP contribution in [0.15, 0.2) is 0 Å². The Morgan fingerprint density at radius 1 is 0.667 bits per heavy atom. The molecule has 0 aromatic rings. The molecule has 0 saturated carbocycles. The van der Waals surface area contributed by atoms with Crippen molar-refractivity contribution in [3.63, 3.8) is 0 Å². The zero-order valence-electron chi connectivity index (χ0n) is 19.4. The van der Waals surface area contributed by atoms with Gasteiger partial charge in [-0.25, -0.2) is 0 Å². The van der Waals surface area contributed by atoms with E-state index in [0.29, 0.717) is 12.5 Å². The fraction of sp³-hybridized carbons (Fsp3) is 0.960. The van der Waals surface area contributed by atoms with Gasteiger partial charge in [-0.15, -0.1) is 0 Å². The quantitative estimate of drug-likeness (QED) is 0.175. The third kappa shape index (κ3) is 17.3. The van der Waals surface area contributed by atoms with Gasteiger partial charge in [0.25, 0.3) is 0 Å². The average molecular weight is 383 g/mol. The Labute approximate surface area is 171 Å². The highest BCUT2D eigenvalue weighted by Crippen LogP contribution is 2.22. The Bertz CT molecular complexity index is 330. The Morgan fingerprint density at radius 3 is 1.41 bits per heavy atom. The molecule has 2 nitrogen and oxygen atoms in total. The lowest BCUT2D eigenvalue weighted by Crippen LogP contribution is -2.25. The first-order chi connectivity index (χ1) is 12.9. The average Bonchev–Trinajstić information content (AvgIpc) is 2.62. The summed E-state index contributed by atoms with van der Waals surface area (Å²) in [5.74, 6) is 0.508. The van der Waals surface area contributed by atoms with E-state index in [1.807, 2.05) is 20.8 Å². The number of hydrogen-bond donors (Lipinski definition) is 0. The van der Waals surface area contributed by atoms with E-state index >= 15 is 0 Å². The molecule has 0 heterocycles. The fourth-order valence-corrected chi connectivity index (χ4v) is 3.50. The molecule has 0 aromatic carbocycles. The zero-order chi connectivity index (χ0) is 20.4. The predicted octanol–water partition coefficient (Wildman–Crippen LogP) is 8.47. The van der Waals surface area contributed by atoms with Crippen molar-refractivity contribution in [2.45, 2.75) is 137 Å². The summed E-state index contributed by atoms with van der Waals surface area (Å²) in [6.07, 6.45) is 21.4. The summed E-state index contributed by atoms with van der Waals surface area (Å²) in [4.78, 5) is 12.1. The van der Waals surface area contributed by atoms with Gasteiger partial charge in [-0.1, -0.05) is 104 Å². The number of rotatable bonds is 18. The van der Waals surface area contributed by atoms with Crippen LogP contribution in [-0.2, 0) is 9.53 Å². The Balaban J connectivity index is 4.02. The second kappa shape index (κ2) is 17.6. The Morgan fingerprint density at radius 2 is 1.04 bits per heavy atom. The molecule has 0 N–H and O–H groups in total. The van der Waals surface area contributed by atoms with E-state index in [-0.39, 0.29) is 11.4 Å². The largest absolute Gasteiger partial charge is 0.465 e. The SMILES string of the molecule is CCCCCCCCCCC(CCCCCCCC)COC(=O)C(C)(C)C. The summed E-state index contributed by atoms with van der Waals surface area (Å²) in [6, 6.07) is 0. The molecular weight excluding hydrogens is 332 g/mol. The van der Waals surface area contributed by atoms with Crippen LogP contribution in [0.25, 0.3) is 0 Å². The normalized spacial score (nSPS) is 12.9. The van der Waals surface area contributed by atoms with Crippen molar-refractivity contribution < 1.29 is 9.53 Å². The van der Waals surface area contributed by atoms with Crippen LogP contribution in [0.3, 0.4) is 0 Å². The molecule has 0 aliphatic heterocycles. The summed E-state index contributed by atoms with van der Waals surface area (Å²) < 4.78 is 5.65. The number of unbranched alkanes of at least 4 members (excludes halogenated alkanes) is 12. The minimum Gasteiger partial charge on any atom is -0.465 e. The molecule has 2 heteroatoms. The molecule has 0 aromatic heterocycles. The molecule has 0 spiro atoms. The highest BCUT2D eigenvalue weighted by Gasteiger charge is 2.24. The number of carbonyl (C=O) groups is 1. The van der Waals surface area contributed by atoms with E-state index in [9.17, 15) is 4.79 Å². The summed E-state index contributed by atoms with van der Waals surface area (Å²) >= 11 is 0. The van der Waals surface area contributed by atoms with E-state index in [1.165, 1.54) is 103 Å². The third-order valence-corrected chi connectivity index (χ3v) is 5.49. The van der Waals surface area contributed by atoms with E-state index in [4.69, 9.17) is 4.74 Å². The number of carbonyl (C=O) groups excluding carboxylic acids is 1. The second-order valence-electron chi connectivity index (χ2n) is 9.53. The molecule has 27 heavy (non-hydrogen) atoms. The van der Waals surface area contributed by atoms with Crippen LogP contribution in [0.4, 0.5) is 0 Å². The van der Waals surface area contributed by atoms with Crippen LogP contribution in [0.1, 0.15) is 137 Å². The van der Waals surface area contributed by atoms with Crippen molar-refractivity contribution in [2.24, 2.45) is 11.3 Å². The summed E-state index contributed by atoms with van der Waals surface area (Å²) in [5.41, 5.74) is -0.386. The second-order valence-corrected chi connectivity index (χ2v) is 9.53. The van der Waals surface area contributed by atoms with E-state index in [1.54, 1.807) is 0 Å². The van der Waals surface area contributed by atoms with Crippen LogP contribution in [0, 0.1) is 11.3 Å². The standard InChI is InChI=1S/C25H50O2/c1-6-8-10-12-14-15-17-19-21-23(20-18-16-13-11-9-7-2)22-27-24(26)25(3,4)5/h23H,6-22H2,1-5H3. The first-order valence-electron chi connectivity index (χ1n) is 12.1. The smallest absolute Gasteiger partial charge is 0.311 e. The summed E-state index contributed by atoms with van der Waals surface area (Å²) in [7, 11) is 0. The molecule has 0 bridgehead atoms. The summed E-state index contributed by atoms with van der Waals surface area (Å²) in [6.45, 7) is 11.0. The fourth-order valence-electron chi connectivity index (χ4n) is 3.50. The van der Waals surface area contributed by atoms with Crippen LogP contribution >= 0.6 is 0 Å². The number of esters is 1. The van der Waals surface area contributed by atoms with Gasteiger partial charge in [-0.3, -0.25) is 4.79 Å². The summed E-state index contributed by atoms with van der Waals surface area (Å²) in [5, 5.41) is 0. The highest BCUT2D eigenvalue weighted by molar-refractivity contribution is 5.75. The number of ether oxygens (including phenoxy) is 1. The van der Waals surface area contributed by atoms with Crippen molar-refractivity contribution in [3.05, 3.63) is 0 Å². The molecule has 0 rings (SSSR count). The molecule has 0 aliphatic rings. The molecule has 1 atom stereocenters. The van der Waals surface area contributed by atoms with E-state index < -0.39 is 0 Å². The molecule has 1 unspecified atom stereocenters. The van der Waals surface area contributed by atoms with Gasteiger partial charge >= 0.3 is 5.97 Å². The molecule has 0 aliphatic carbocycles. The van der Waals surface area contributed by atoms with Crippen molar-refractivity contribution in [2.75, 3.05) is 6.61 Å². The van der Waals surface area contributed by atoms with Crippen LogP contribution in [-0.4, -0.2) is 12.6 Å². The van der Waals surface area contributed by atoms with Crippen LogP contribution < -0.4 is 0 Å². The Kier molecular flexibility index (Phi) is 17.2. The van der Waals surface area contributed by atoms with Gasteiger partial charge in [-0.2, -0.15) is 0 Å². The highest BCUT2D eigenvalue weighted by atomic mass is 16.5. The third-order valence-electron chi connectivity index (χ3n) is 5.49. The van der Waals surface area contributed by atoms with Crippen molar-refractivity contribution in [1.29, 1.82) is 0 Å². The van der Waals surface area contributed by atoms with Crippen molar-refractivity contribution in [1.82, 2.24) is 0 Å². The first-order valence-corrected chi connectivity index (χ1v) is 12.1. The molecule has 0 saturated heterocycles. The zero-order valence-corrected chi connectivity index (χ0v) is 19.4. The van der Waals surface area contributed by atoms with Gasteiger partial charge in [0.15, 0.2) is 0 Å². The van der Waals surface area contributed by atoms with Gasteiger partial charge in [0.05, 0.1) is 12.0 Å². The minimum atomic E-state index is -0.386. The molecule has 0 amide bonds. The maximum absolute atomic E-state index is 12.1. The van der Waals surface area contributed by atoms with Crippen LogP contribution in [0.2, 0.25) is 0 Å². The molecule has 162 valence electrons. The van der Waals surface area contributed by atoms with E-state index in [0.717, 1.165) is 0 Å². The van der Waals surface area contributed by atoms with Gasteiger partial charge in [0.1, 0.15) is 0 Å². The minimum absolute atomic E-state index is 0.0497. The van der Waals surface area contributed by atoms with Crippen molar-refractivity contribution in [3.8, 4) is 0 Å². The topological polar surface area (TPSA) is 26.3 Å². The lowest BCUT2D eigenvalue weighted by molar-refractivity contribution is -0.154. The van der Waals surface area contributed by atoms with Gasteiger partial charge < -0.3 is 4.74 Å². The van der Waals surface area contributed by atoms with Crippen LogP contribution in [0.5, 0.6) is 0 Å². The Hall–Kier alpha value is -0.530. The number of hydrogen-bond acceptors (Lipinski definition) is 2. The van der Waals surface area contributed by atoms with E-state index in [2.05, 4.69) is 13.8 Å². The molecule has 0 fully saturated rings. The van der Waals surface area contributed by atoms with Gasteiger partial charge in [0.2, 0.25) is 0 Å². The van der Waals surface area contributed by atoms with Gasteiger partial charge in [0, 0.05) is 0 Å². The lowest BCUT2D eigenvalue weighted by atomic mass is 9.94. The molecular formula is C25H50O2.